The number of aliphatic carboxylic acids is 1. The molecule has 70 heavy (non-hydrogen) atoms. The lowest BCUT2D eigenvalue weighted by Crippen LogP contribution is -2.60. The van der Waals surface area contributed by atoms with Crippen molar-refractivity contribution in [2.75, 3.05) is 32.0 Å². The highest BCUT2D eigenvalue weighted by Crippen LogP contribution is 2.23. The number of guanidine groups is 1. The van der Waals surface area contributed by atoms with Crippen molar-refractivity contribution in [1.29, 1.82) is 0 Å². The normalized spacial score (nSPS) is 17.9. The Labute approximate surface area is 409 Å². The lowest BCUT2D eigenvalue weighted by molar-refractivity contribution is -0.145. The van der Waals surface area contributed by atoms with Gasteiger partial charge in [-0.25, -0.2) is 4.79 Å². The van der Waals surface area contributed by atoms with Gasteiger partial charge in [-0.2, -0.15) is 12.6 Å². The van der Waals surface area contributed by atoms with Crippen LogP contribution in [0.4, 0.5) is 0 Å². The van der Waals surface area contributed by atoms with Gasteiger partial charge in [0, 0.05) is 44.6 Å². The van der Waals surface area contributed by atoms with E-state index in [-0.39, 0.29) is 88.5 Å². The number of carbonyl (C=O) groups is 9. The minimum Gasteiger partial charge on any atom is -0.508 e. The van der Waals surface area contributed by atoms with Gasteiger partial charge in [0.2, 0.25) is 47.3 Å². The number of carboxylic acids is 1. The fourth-order valence-electron chi connectivity index (χ4n) is 8.08. The third-order valence-corrected chi connectivity index (χ3v) is 12.2. The topological polar surface area (TPSA) is 397 Å². The Kier molecular flexibility index (Phi) is 21.7. The summed E-state index contributed by atoms with van der Waals surface area (Å²) in [6.07, 6.45) is 0.495. The molecule has 4 rings (SSSR count). The summed E-state index contributed by atoms with van der Waals surface area (Å²) in [6.45, 7) is -0.445. The van der Waals surface area contributed by atoms with E-state index in [2.05, 4.69) is 44.2 Å². The van der Waals surface area contributed by atoms with Crippen molar-refractivity contribution in [3.8, 4) is 5.75 Å². The Morgan fingerprint density at radius 1 is 0.671 bits per heavy atom. The van der Waals surface area contributed by atoms with E-state index in [1.807, 2.05) is 0 Å². The molecule has 25 heteroatoms. The average molecular weight is 997 g/mol. The maximum absolute atomic E-state index is 14.8. The summed E-state index contributed by atoms with van der Waals surface area (Å²) in [7, 11) is 0. The summed E-state index contributed by atoms with van der Waals surface area (Å²) in [6, 6.07) is 4.03. The number of hydrogen-bond donors (Lipinski definition) is 13. The summed E-state index contributed by atoms with van der Waals surface area (Å²) < 4.78 is 0. The molecule has 0 saturated carbocycles. The smallest absolute Gasteiger partial charge is 0.327 e. The lowest BCUT2D eigenvalue weighted by atomic mass is 10.0. The van der Waals surface area contributed by atoms with E-state index in [9.17, 15) is 58.5 Å². The summed E-state index contributed by atoms with van der Waals surface area (Å²) in [5.41, 5.74) is 23.1. The van der Waals surface area contributed by atoms with Crippen LogP contribution in [0, 0.1) is 0 Å². The lowest BCUT2D eigenvalue weighted by Gasteiger charge is -2.32. The molecule has 2 aromatic carbocycles. The summed E-state index contributed by atoms with van der Waals surface area (Å²) >= 11 is 4.01. The zero-order valence-electron chi connectivity index (χ0n) is 38.5. The van der Waals surface area contributed by atoms with E-state index < -0.39 is 108 Å². The number of aliphatic imine (C=N–C) groups is 1. The van der Waals surface area contributed by atoms with Crippen LogP contribution in [0.15, 0.2) is 59.6 Å². The number of nitrogens with two attached hydrogens (primary N) is 4. The standard InChI is InChI=1S/C45H64N12O12S/c46-28(23-58)37(61)51-29(16-17-36(47)60)38(62)53-31(21-26-12-14-27(59)15-13-26)39(63)54-32(22-25-7-2-1-3-8-25)43(67)57-20-6-10-34(57)40(64)52-30(9-4-18-50-45(48)49)42(66)56-19-5-11-35(56)41(65)55-33(24-70)44(68)69/h1-3,7-8,12-15,28-35,58-59,70H,4-6,9-11,16-24,46H2,(H2,47,60)(H,51,61)(H,52,64)(H,53,62)(H,54,63)(H,55,65)(H,68,69)(H4,48,49,50)/t28-,29-,30-,31-,32-,33-,34-,35-/m0/s1. The van der Waals surface area contributed by atoms with Gasteiger partial charge in [0.1, 0.15) is 54.1 Å². The number of primary amides is 1. The van der Waals surface area contributed by atoms with E-state index in [0.29, 0.717) is 24.0 Å². The van der Waals surface area contributed by atoms with Crippen molar-refractivity contribution < 1.29 is 58.5 Å². The fraction of sp³-hybridized carbons (Fsp3) is 0.511. The van der Waals surface area contributed by atoms with E-state index in [4.69, 9.17) is 22.9 Å². The molecule has 0 bridgehead atoms. The third-order valence-electron chi connectivity index (χ3n) is 11.8. The molecule has 8 amide bonds. The van der Waals surface area contributed by atoms with Crippen molar-refractivity contribution in [3.05, 3.63) is 65.7 Å². The SMILES string of the molecule is NC(=O)CC[C@H](NC(=O)[C@@H](N)CO)C(=O)N[C@@H](Cc1ccc(O)cc1)C(=O)N[C@@H](Cc1ccccc1)C(=O)N1CCC[C@H]1C(=O)N[C@@H](CCCN=C(N)N)C(=O)N1CCC[C@H]1C(=O)N[C@@H](CS)C(=O)O. The third kappa shape index (κ3) is 16.6. The summed E-state index contributed by atoms with van der Waals surface area (Å²) in [5, 5.41) is 41.8. The number of hydrogen-bond acceptors (Lipinski definition) is 14. The van der Waals surface area contributed by atoms with E-state index in [1.165, 1.54) is 34.1 Å². The largest absolute Gasteiger partial charge is 0.508 e. The van der Waals surface area contributed by atoms with Gasteiger partial charge in [0.15, 0.2) is 5.96 Å². The molecule has 24 nitrogen and oxygen atoms in total. The molecule has 2 aliphatic rings. The number of nitrogens with one attached hydrogen (secondary N) is 5. The van der Waals surface area contributed by atoms with Crippen LogP contribution < -0.4 is 49.5 Å². The second-order valence-electron chi connectivity index (χ2n) is 17.0. The number of phenolic OH excluding ortho intramolecular Hbond substituents is 1. The number of carbonyl (C=O) groups excluding carboxylic acids is 8. The van der Waals surface area contributed by atoms with Crippen molar-refractivity contribution in [2.24, 2.45) is 27.9 Å². The molecular formula is C45H64N12O12S. The van der Waals surface area contributed by atoms with E-state index in [0.717, 1.165) is 0 Å². The monoisotopic (exact) mass is 996 g/mol. The minimum atomic E-state index is -1.45. The Hall–Kier alpha value is -6.99. The van der Waals surface area contributed by atoms with Crippen molar-refractivity contribution >= 4 is 71.8 Å². The van der Waals surface area contributed by atoms with Crippen LogP contribution in [0.5, 0.6) is 5.75 Å². The quantitative estimate of drug-likeness (QED) is 0.0186. The zero-order chi connectivity index (χ0) is 51.5. The van der Waals surface area contributed by atoms with Gasteiger partial charge < -0.3 is 74.6 Å². The molecule has 2 heterocycles. The Morgan fingerprint density at radius 2 is 1.19 bits per heavy atom. The molecular weight excluding hydrogens is 933 g/mol. The number of aromatic hydroxyl groups is 1. The van der Waals surface area contributed by atoms with Crippen LogP contribution in [0.25, 0.3) is 0 Å². The number of nitrogens with zero attached hydrogens (tertiary/aromatic N) is 3. The molecule has 0 aliphatic carbocycles. The van der Waals surface area contributed by atoms with Crippen LogP contribution in [-0.4, -0.2) is 165 Å². The van der Waals surface area contributed by atoms with Crippen LogP contribution in [0.2, 0.25) is 0 Å². The Bertz CT molecular complexity index is 2200. The average Bonchev–Trinajstić information content (AvgIpc) is 4.04. The van der Waals surface area contributed by atoms with Gasteiger partial charge >= 0.3 is 5.97 Å². The highest BCUT2D eigenvalue weighted by molar-refractivity contribution is 7.80. The molecule has 2 aromatic rings. The Balaban J connectivity index is 1.63. The molecule has 0 radical (unpaired) electrons. The summed E-state index contributed by atoms with van der Waals surface area (Å²) in [5.74, 6) is -7.94. The first kappa shape index (κ1) is 55.6. The highest BCUT2D eigenvalue weighted by Gasteiger charge is 2.42. The van der Waals surface area contributed by atoms with Gasteiger partial charge in [-0.1, -0.05) is 42.5 Å². The first-order valence-electron chi connectivity index (χ1n) is 22.8. The number of aliphatic hydroxyl groups is 1. The number of phenols is 1. The molecule has 2 fully saturated rings. The molecule has 0 unspecified atom stereocenters. The second-order valence-corrected chi connectivity index (χ2v) is 17.4. The summed E-state index contributed by atoms with van der Waals surface area (Å²) in [4.78, 5) is 128. The minimum absolute atomic E-state index is 0.0172. The molecule has 382 valence electrons. The van der Waals surface area contributed by atoms with Crippen LogP contribution >= 0.6 is 12.6 Å². The number of amides is 8. The van der Waals surface area contributed by atoms with Crippen molar-refractivity contribution in [2.45, 2.75) is 113 Å². The number of rotatable bonds is 26. The van der Waals surface area contributed by atoms with Gasteiger partial charge in [-0.05, 0) is 68.2 Å². The Morgan fingerprint density at radius 3 is 1.73 bits per heavy atom. The van der Waals surface area contributed by atoms with Crippen LogP contribution in [-0.2, 0) is 56.0 Å². The first-order valence-corrected chi connectivity index (χ1v) is 23.4. The molecule has 2 aliphatic heterocycles. The number of carboxylic acid groups (broad SMARTS) is 1. The highest BCUT2D eigenvalue weighted by atomic mass is 32.1. The number of aliphatic hydroxyl groups excluding tert-OH is 1. The second kappa shape index (κ2) is 27.3. The maximum atomic E-state index is 14.8. The van der Waals surface area contributed by atoms with Gasteiger partial charge in [-0.15, -0.1) is 0 Å². The van der Waals surface area contributed by atoms with Crippen LogP contribution in [0.1, 0.15) is 62.5 Å². The molecule has 8 atom stereocenters. The molecule has 0 aromatic heterocycles. The predicted octanol–water partition coefficient (Wildman–Crippen LogP) is -3.76. The number of likely N-dealkylation sites (tertiary alicyclic amines) is 2. The van der Waals surface area contributed by atoms with E-state index >= 15 is 0 Å². The van der Waals surface area contributed by atoms with Crippen molar-refractivity contribution in [1.82, 2.24) is 36.4 Å². The predicted molar refractivity (Wildman–Crippen MR) is 256 cm³/mol. The zero-order valence-corrected chi connectivity index (χ0v) is 39.4. The molecule has 2 saturated heterocycles. The van der Waals surface area contributed by atoms with Gasteiger partial charge in [0.05, 0.1) is 6.61 Å². The maximum Gasteiger partial charge on any atom is 0.327 e. The molecule has 0 spiro atoms. The van der Waals surface area contributed by atoms with Gasteiger partial charge in [-0.3, -0.25) is 43.3 Å². The molecule has 16 N–H and O–H groups in total. The first-order chi connectivity index (χ1) is 33.3. The van der Waals surface area contributed by atoms with Crippen molar-refractivity contribution in [3.63, 3.8) is 0 Å². The van der Waals surface area contributed by atoms with Gasteiger partial charge in [0.25, 0.3) is 0 Å². The fourth-order valence-corrected chi connectivity index (χ4v) is 8.32. The number of thiol groups is 1. The van der Waals surface area contributed by atoms with E-state index in [1.54, 1.807) is 30.3 Å². The number of benzene rings is 2. The van der Waals surface area contributed by atoms with Crippen LogP contribution in [0.3, 0.4) is 0 Å².